The quantitative estimate of drug-likeness (QED) is 0.559. The molecule has 0 spiro atoms. The highest BCUT2D eigenvalue weighted by Gasteiger charge is 2.25. The van der Waals surface area contributed by atoms with Crippen molar-refractivity contribution in [3.05, 3.63) is 48.1 Å². The summed E-state index contributed by atoms with van der Waals surface area (Å²) >= 11 is 6.30. The Labute approximate surface area is 187 Å². The van der Waals surface area contributed by atoms with Crippen LogP contribution in [0.1, 0.15) is 26.7 Å². The van der Waals surface area contributed by atoms with Gasteiger partial charge in [0.2, 0.25) is 17.8 Å². The van der Waals surface area contributed by atoms with E-state index in [1.54, 1.807) is 12.1 Å². The maximum Gasteiger partial charge on any atom is 0.247 e. The molecule has 0 saturated carbocycles. The number of para-hydroxylation sites is 2. The molecule has 9 heteroatoms. The van der Waals surface area contributed by atoms with Gasteiger partial charge in [0.15, 0.2) is 5.82 Å². The van der Waals surface area contributed by atoms with Crippen molar-refractivity contribution < 1.29 is 9.59 Å². The molecular formula is C22H27ClN6O2. The molecule has 2 aromatic rings. The van der Waals surface area contributed by atoms with Gasteiger partial charge in [-0.2, -0.15) is 4.98 Å². The first kappa shape index (κ1) is 22.6. The Morgan fingerprint density at radius 2 is 2.03 bits per heavy atom. The van der Waals surface area contributed by atoms with Gasteiger partial charge in [0.25, 0.3) is 0 Å². The fraction of sp³-hybridized carbons (Fsp3) is 0.364. The number of amides is 2. The lowest BCUT2D eigenvalue weighted by molar-refractivity contribution is -0.135. The number of halogens is 1. The zero-order valence-corrected chi connectivity index (χ0v) is 18.4. The fourth-order valence-electron chi connectivity index (χ4n) is 3.38. The Morgan fingerprint density at radius 1 is 1.29 bits per heavy atom. The predicted octanol–water partition coefficient (Wildman–Crippen LogP) is 4.06. The van der Waals surface area contributed by atoms with E-state index in [-0.39, 0.29) is 23.8 Å². The van der Waals surface area contributed by atoms with Crippen LogP contribution in [0.4, 0.5) is 23.1 Å². The summed E-state index contributed by atoms with van der Waals surface area (Å²) in [7, 11) is 0. The highest BCUT2D eigenvalue weighted by atomic mass is 35.5. The molecule has 3 rings (SSSR count). The Bertz CT molecular complexity index is 965. The normalized spacial score (nSPS) is 16.0. The van der Waals surface area contributed by atoms with Crippen molar-refractivity contribution in [3.8, 4) is 0 Å². The van der Waals surface area contributed by atoms with E-state index in [2.05, 4.69) is 32.5 Å². The van der Waals surface area contributed by atoms with Crippen LogP contribution in [0.25, 0.3) is 0 Å². The first-order valence-corrected chi connectivity index (χ1v) is 10.6. The molecule has 3 N–H and O–H groups in total. The van der Waals surface area contributed by atoms with Crippen LogP contribution in [-0.4, -0.2) is 45.8 Å². The SMILES string of the molecule is C=CC(=O)Nc1ccccc1Nc1nc(NC2CCCN(C(=O)C(C)C)C2)ncc1Cl. The summed E-state index contributed by atoms with van der Waals surface area (Å²) in [5.74, 6) is 0.643. The number of rotatable bonds is 7. The Kier molecular flexibility index (Phi) is 7.46. The zero-order valence-electron chi connectivity index (χ0n) is 17.7. The van der Waals surface area contributed by atoms with Gasteiger partial charge >= 0.3 is 0 Å². The first-order valence-electron chi connectivity index (χ1n) is 10.2. The maximum absolute atomic E-state index is 12.3. The maximum atomic E-state index is 12.3. The molecule has 0 aliphatic carbocycles. The molecule has 164 valence electrons. The minimum absolute atomic E-state index is 0.0250. The van der Waals surface area contributed by atoms with Gasteiger partial charge < -0.3 is 20.9 Å². The molecule has 31 heavy (non-hydrogen) atoms. The van der Waals surface area contributed by atoms with E-state index in [9.17, 15) is 9.59 Å². The minimum Gasteiger partial charge on any atom is -0.350 e. The summed E-state index contributed by atoms with van der Waals surface area (Å²) in [6.07, 6.45) is 4.57. The van der Waals surface area contributed by atoms with E-state index in [1.807, 2.05) is 30.9 Å². The lowest BCUT2D eigenvalue weighted by atomic mass is 10.0. The molecule has 8 nitrogen and oxygen atoms in total. The number of benzene rings is 1. The second-order valence-corrected chi connectivity index (χ2v) is 8.08. The van der Waals surface area contributed by atoms with Crippen LogP contribution in [0, 0.1) is 5.92 Å². The van der Waals surface area contributed by atoms with E-state index in [4.69, 9.17) is 11.6 Å². The molecule has 1 unspecified atom stereocenters. The third-order valence-electron chi connectivity index (χ3n) is 4.93. The molecule has 1 aromatic carbocycles. The predicted molar refractivity (Wildman–Crippen MR) is 124 cm³/mol. The van der Waals surface area contributed by atoms with E-state index >= 15 is 0 Å². The number of hydrogen-bond donors (Lipinski definition) is 3. The second-order valence-electron chi connectivity index (χ2n) is 7.68. The van der Waals surface area contributed by atoms with Gasteiger partial charge in [0, 0.05) is 25.0 Å². The lowest BCUT2D eigenvalue weighted by Gasteiger charge is -2.34. The molecule has 2 amide bonds. The van der Waals surface area contributed by atoms with Crippen molar-refractivity contribution in [3.63, 3.8) is 0 Å². The second kappa shape index (κ2) is 10.3. The Morgan fingerprint density at radius 3 is 2.74 bits per heavy atom. The number of aromatic nitrogens is 2. The lowest BCUT2D eigenvalue weighted by Crippen LogP contribution is -2.46. The third kappa shape index (κ3) is 5.95. The van der Waals surface area contributed by atoms with E-state index in [0.717, 1.165) is 19.4 Å². The summed E-state index contributed by atoms with van der Waals surface area (Å²) in [5, 5.41) is 9.56. The van der Waals surface area contributed by atoms with Gasteiger partial charge in [-0.1, -0.05) is 44.2 Å². The van der Waals surface area contributed by atoms with Crippen molar-refractivity contribution in [2.24, 2.45) is 5.92 Å². The standard InChI is InChI=1S/C22H27ClN6O2/c1-4-19(30)26-17-9-5-6-10-18(17)27-20-16(23)12-24-22(28-20)25-15-8-7-11-29(13-15)21(31)14(2)3/h4-6,9-10,12,14-15H,1,7-8,11,13H2,2-3H3,(H,26,30)(H2,24,25,27,28). The van der Waals surface area contributed by atoms with Gasteiger partial charge in [0.1, 0.15) is 5.02 Å². The van der Waals surface area contributed by atoms with Crippen LogP contribution in [0.15, 0.2) is 43.1 Å². The van der Waals surface area contributed by atoms with Gasteiger partial charge in [-0.05, 0) is 31.1 Å². The van der Waals surface area contributed by atoms with E-state index in [0.29, 0.717) is 34.7 Å². The molecule has 1 atom stereocenters. The van der Waals surface area contributed by atoms with Gasteiger partial charge in [-0.25, -0.2) is 4.98 Å². The summed E-state index contributed by atoms with van der Waals surface area (Å²) in [6.45, 7) is 8.68. The smallest absolute Gasteiger partial charge is 0.247 e. The number of anilines is 4. The number of nitrogens with zero attached hydrogens (tertiary/aromatic N) is 3. The molecule has 0 bridgehead atoms. The summed E-state index contributed by atoms with van der Waals surface area (Å²) in [4.78, 5) is 34.7. The molecule has 1 saturated heterocycles. The average Bonchev–Trinajstić information content (AvgIpc) is 2.76. The van der Waals surface area contributed by atoms with Crippen LogP contribution in [0.5, 0.6) is 0 Å². The van der Waals surface area contributed by atoms with Crippen molar-refractivity contribution in [1.82, 2.24) is 14.9 Å². The van der Waals surface area contributed by atoms with Crippen LogP contribution < -0.4 is 16.0 Å². The molecule has 1 aliphatic heterocycles. The number of nitrogens with one attached hydrogen (secondary N) is 3. The first-order chi connectivity index (χ1) is 14.9. The van der Waals surface area contributed by atoms with Crippen molar-refractivity contribution in [2.45, 2.75) is 32.7 Å². The number of likely N-dealkylation sites (tertiary alicyclic amines) is 1. The molecule has 0 radical (unpaired) electrons. The number of carbonyl (C=O) groups excluding carboxylic acids is 2. The number of piperidine rings is 1. The Balaban J connectivity index is 1.73. The summed E-state index contributed by atoms with van der Waals surface area (Å²) in [5.41, 5.74) is 1.21. The van der Waals surface area contributed by atoms with E-state index < -0.39 is 0 Å². The van der Waals surface area contributed by atoms with Crippen molar-refractivity contribution in [1.29, 1.82) is 0 Å². The zero-order chi connectivity index (χ0) is 22.4. The van der Waals surface area contributed by atoms with Crippen LogP contribution in [0.3, 0.4) is 0 Å². The molecule has 2 heterocycles. The van der Waals surface area contributed by atoms with Crippen molar-refractivity contribution >= 4 is 46.6 Å². The van der Waals surface area contributed by atoms with Crippen LogP contribution in [-0.2, 0) is 9.59 Å². The number of carbonyl (C=O) groups is 2. The van der Waals surface area contributed by atoms with Gasteiger partial charge in [-0.15, -0.1) is 0 Å². The Hall–Kier alpha value is -3.13. The van der Waals surface area contributed by atoms with Crippen molar-refractivity contribution in [2.75, 3.05) is 29.0 Å². The number of hydrogen-bond acceptors (Lipinski definition) is 6. The monoisotopic (exact) mass is 442 g/mol. The van der Waals surface area contributed by atoms with Gasteiger partial charge in [0.05, 0.1) is 17.6 Å². The van der Waals surface area contributed by atoms with Crippen LogP contribution >= 0.6 is 11.6 Å². The third-order valence-corrected chi connectivity index (χ3v) is 5.20. The molecule has 1 aliphatic rings. The topological polar surface area (TPSA) is 99.2 Å². The van der Waals surface area contributed by atoms with E-state index in [1.165, 1.54) is 12.3 Å². The highest BCUT2D eigenvalue weighted by Crippen LogP contribution is 2.29. The average molecular weight is 443 g/mol. The molecular weight excluding hydrogens is 416 g/mol. The van der Waals surface area contributed by atoms with Crippen LogP contribution in [0.2, 0.25) is 5.02 Å². The minimum atomic E-state index is -0.316. The molecule has 1 aromatic heterocycles. The largest absolute Gasteiger partial charge is 0.350 e. The fourth-order valence-corrected chi connectivity index (χ4v) is 3.52. The van der Waals surface area contributed by atoms with Gasteiger partial charge in [-0.3, -0.25) is 9.59 Å². The summed E-state index contributed by atoms with van der Waals surface area (Å²) < 4.78 is 0. The summed E-state index contributed by atoms with van der Waals surface area (Å²) in [6, 6.07) is 7.28. The molecule has 1 fully saturated rings. The highest BCUT2D eigenvalue weighted by molar-refractivity contribution is 6.33.